The van der Waals surface area contributed by atoms with Crippen molar-refractivity contribution >= 4 is 17.7 Å². The molecule has 0 aromatic heterocycles. The van der Waals surface area contributed by atoms with Gasteiger partial charge in [-0.1, -0.05) is 48.5 Å². The highest BCUT2D eigenvalue weighted by Gasteiger charge is 2.23. The standard InChI is InChI=1S/C22H27N3O3/c1-2-28-22(27)25-14-12-24(13-15-25)17-21(26)23-20-11-7-6-10-19(20)16-18-8-4-3-5-9-18/h3-11H,2,12-17H2,1H3,(H,23,26). The van der Waals surface area contributed by atoms with Crippen molar-refractivity contribution in [2.75, 3.05) is 44.6 Å². The number of ether oxygens (including phenoxy) is 1. The van der Waals surface area contributed by atoms with E-state index in [0.717, 1.165) is 17.7 Å². The van der Waals surface area contributed by atoms with Gasteiger partial charge in [0.1, 0.15) is 0 Å². The summed E-state index contributed by atoms with van der Waals surface area (Å²) in [6.45, 7) is 4.98. The molecule has 0 spiro atoms. The summed E-state index contributed by atoms with van der Waals surface area (Å²) in [5.74, 6) is -0.0369. The van der Waals surface area contributed by atoms with Gasteiger partial charge in [0.25, 0.3) is 0 Å². The van der Waals surface area contributed by atoms with E-state index in [1.807, 2.05) is 42.5 Å². The normalized spacial score (nSPS) is 14.5. The molecule has 2 aromatic rings. The molecule has 2 amide bonds. The summed E-state index contributed by atoms with van der Waals surface area (Å²) in [4.78, 5) is 28.1. The third-order valence-corrected chi connectivity index (χ3v) is 4.79. The molecule has 1 N–H and O–H groups in total. The molecule has 1 fully saturated rings. The molecule has 1 saturated heterocycles. The summed E-state index contributed by atoms with van der Waals surface area (Å²) < 4.78 is 5.03. The summed E-state index contributed by atoms with van der Waals surface area (Å²) >= 11 is 0. The molecule has 1 aliphatic heterocycles. The van der Waals surface area contributed by atoms with Gasteiger partial charge in [0, 0.05) is 31.9 Å². The fourth-order valence-electron chi connectivity index (χ4n) is 3.31. The van der Waals surface area contributed by atoms with Crippen LogP contribution in [0.1, 0.15) is 18.1 Å². The predicted molar refractivity (Wildman–Crippen MR) is 109 cm³/mol. The number of carbonyl (C=O) groups is 2. The van der Waals surface area contributed by atoms with Gasteiger partial charge in [0.05, 0.1) is 13.2 Å². The van der Waals surface area contributed by atoms with E-state index in [1.54, 1.807) is 11.8 Å². The quantitative estimate of drug-likeness (QED) is 0.836. The van der Waals surface area contributed by atoms with Crippen LogP contribution in [0.3, 0.4) is 0 Å². The Morgan fingerprint density at radius 1 is 0.964 bits per heavy atom. The third kappa shape index (κ3) is 5.57. The van der Waals surface area contributed by atoms with Gasteiger partial charge in [-0.05, 0) is 30.5 Å². The van der Waals surface area contributed by atoms with Gasteiger partial charge in [0.15, 0.2) is 0 Å². The van der Waals surface area contributed by atoms with Crippen LogP contribution in [-0.4, -0.2) is 61.1 Å². The van der Waals surface area contributed by atoms with Gasteiger partial charge in [-0.3, -0.25) is 9.69 Å². The summed E-state index contributed by atoms with van der Waals surface area (Å²) in [5.41, 5.74) is 3.15. The Bertz CT molecular complexity index is 787. The highest BCUT2D eigenvalue weighted by atomic mass is 16.6. The number of rotatable bonds is 6. The van der Waals surface area contributed by atoms with Crippen LogP contribution in [0.15, 0.2) is 54.6 Å². The van der Waals surface area contributed by atoms with E-state index >= 15 is 0 Å². The van der Waals surface area contributed by atoms with Crippen LogP contribution in [-0.2, 0) is 16.0 Å². The molecule has 6 nitrogen and oxygen atoms in total. The van der Waals surface area contributed by atoms with Crippen molar-refractivity contribution in [2.45, 2.75) is 13.3 Å². The fraction of sp³-hybridized carbons (Fsp3) is 0.364. The van der Waals surface area contributed by atoms with Crippen LogP contribution in [0, 0.1) is 0 Å². The number of nitrogens with zero attached hydrogens (tertiary/aromatic N) is 2. The lowest BCUT2D eigenvalue weighted by Gasteiger charge is -2.33. The highest BCUT2D eigenvalue weighted by Crippen LogP contribution is 2.19. The lowest BCUT2D eigenvalue weighted by molar-refractivity contribution is -0.117. The molecular weight excluding hydrogens is 354 g/mol. The Hall–Kier alpha value is -2.86. The molecule has 0 radical (unpaired) electrons. The molecule has 1 heterocycles. The number of hydrogen-bond acceptors (Lipinski definition) is 4. The maximum absolute atomic E-state index is 12.5. The van der Waals surface area contributed by atoms with E-state index in [2.05, 4.69) is 22.3 Å². The molecular formula is C22H27N3O3. The van der Waals surface area contributed by atoms with Crippen molar-refractivity contribution in [3.63, 3.8) is 0 Å². The topological polar surface area (TPSA) is 61.9 Å². The van der Waals surface area contributed by atoms with Crippen molar-refractivity contribution in [1.82, 2.24) is 9.80 Å². The minimum absolute atomic E-state index is 0.0369. The van der Waals surface area contributed by atoms with Crippen LogP contribution < -0.4 is 5.32 Å². The Morgan fingerprint density at radius 3 is 2.36 bits per heavy atom. The van der Waals surface area contributed by atoms with Crippen LogP contribution >= 0.6 is 0 Å². The first-order chi connectivity index (χ1) is 13.7. The van der Waals surface area contributed by atoms with Crippen molar-refractivity contribution in [3.05, 3.63) is 65.7 Å². The number of nitrogens with one attached hydrogen (secondary N) is 1. The van der Waals surface area contributed by atoms with E-state index in [1.165, 1.54) is 5.56 Å². The summed E-state index contributed by atoms with van der Waals surface area (Å²) in [6, 6.07) is 18.1. The molecule has 3 rings (SSSR count). The lowest BCUT2D eigenvalue weighted by Crippen LogP contribution is -2.50. The van der Waals surface area contributed by atoms with E-state index in [4.69, 9.17) is 4.74 Å². The molecule has 0 saturated carbocycles. The zero-order chi connectivity index (χ0) is 19.8. The third-order valence-electron chi connectivity index (χ3n) is 4.79. The minimum Gasteiger partial charge on any atom is -0.450 e. The van der Waals surface area contributed by atoms with Crippen molar-refractivity contribution in [2.24, 2.45) is 0 Å². The Morgan fingerprint density at radius 2 is 1.64 bits per heavy atom. The van der Waals surface area contributed by atoms with Crippen LogP contribution in [0.4, 0.5) is 10.5 Å². The highest BCUT2D eigenvalue weighted by molar-refractivity contribution is 5.93. The van der Waals surface area contributed by atoms with Crippen molar-refractivity contribution in [1.29, 1.82) is 0 Å². The number of anilines is 1. The van der Waals surface area contributed by atoms with Gasteiger partial charge >= 0.3 is 6.09 Å². The van der Waals surface area contributed by atoms with Gasteiger partial charge in [-0.2, -0.15) is 0 Å². The Labute approximate surface area is 166 Å². The summed E-state index contributed by atoms with van der Waals surface area (Å²) in [6.07, 6.45) is 0.497. The predicted octanol–water partition coefficient (Wildman–Crippen LogP) is 2.99. The Balaban J connectivity index is 1.52. The molecule has 0 bridgehead atoms. The zero-order valence-electron chi connectivity index (χ0n) is 16.3. The maximum Gasteiger partial charge on any atom is 0.409 e. The SMILES string of the molecule is CCOC(=O)N1CCN(CC(=O)Nc2ccccc2Cc2ccccc2)CC1. The van der Waals surface area contributed by atoms with E-state index in [0.29, 0.717) is 39.3 Å². The number of hydrogen-bond donors (Lipinski definition) is 1. The zero-order valence-corrected chi connectivity index (χ0v) is 16.3. The summed E-state index contributed by atoms with van der Waals surface area (Å²) in [5, 5.41) is 3.05. The molecule has 6 heteroatoms. The monoisotopic (exact) mass is 381 g/mol. The van der Waals surface area contributed by atoms with E-state index in [9.17, 15) is 9.59 Å². The van der Waals surface area contributed by atoms with Crippen molar-refractivity contribution < 1.29 is 14.3 Å². The summed E-state index contributed by atoms with van der Waals surface area (Å²) in [7, 11) is 0. The number of piperazine rings is 1. The van der Waals surface area contributed by atoms with Gasteiger partial charge in [0.2, 0.25) is 5.91 Å². The second-order valence-corrected chi connectivity index (χ2v) is 6.83. The molecule has 0 unspecified atom stereocenters. The number of amides is 2. The maximum atomic E-state index is 12.5. The molecule has 28 heavy (non-hydrogen) atoms. The first-order valence-electron chi connectivity index (χ1n) is 9.71. The average Bonchev–Trinajstić information content (AvgIpc) is 2.71. The second kappa shape index (κ2) is 9.90. The average molecular weight is 381 g/mol. The van der Waals surface area contributed by atoms with E-state index in [-0.39, 0.29) is 12.0 Å². The first kappa shape index (κ1) is 19.9. The first-order valence-corrected chi connectivity index (χ1v) is 9.71. The largest absolute Gasteiger partial charge is 0.450 e. The van der Waals surface area contributed by atoms with Crippen LogP contribution in [0.5, 0.6) is 0 Å². The van der Waals surface area contributed by atoms with Gasteiger partial charge < -0.3 is 15.0 Å². The number of para-hydroxylation sites is 1. The number of carbonyl (C=O) groups excluding carboxylic acids is 2. The smallest absolute Gasteiger partial charge is 0.409 e. The second-order valence-electron chi connectivity index (χ2n) is 6.83. The molecule has 148 valence electrons. The molecule has 0 atom stereocenters. The minimum atomic E-state index is -0.276. The van der Waals surface area contributed by atoms with E-state index < -0.39 is 0 Å². The van der Waals surface area contributed by atoms with Crippen LogP contribution in [0.2, 0.25) is 0 Å². The fourth-order valence-corrected chi connectivity index (χ4v) is 3.31. The molecule has 2 aromatic carbocycles. The van der Waals surface area contributed by atoms with Crippen LogP contribution in [0.25, 0.3) is 0 Å². The molecule has 1 aliphatic rings. The van der Waals surface area contributed by atoms with Gasteiger partial charge in [-0.25, -0.2) is 4.79 Å². The van der Waals surface area contributed by atoms with Crippen molar-refractivity contribution in [3.8, 4) is 0 Å². The van der Waals surface area contributed by atoms with Gasteiger partial charge in [-0.15, -0.1) is 0 Å². The molecule has 0 aliphatic carbocycles. The lowest BCUT2D eigenvalue weighted by atomic mass is 10.0. The Kier molecular flexibility index (Phi) is 7.03. The number of benzene rings is 2.